The molecule has 1 aliphatic heterocycles. The summed E-state index contributed by atoms with van der Waals surface area (Å²) in [5.41, 5.74) is 2.65. The molecule has 1 aromatic rings. The molecule has 0 spiro atoms. The molecular formula is C18H22N2. The molecule has 0 atom stereocenters. The van der Waals surface area contributed by atoms with E-state index in [0.29, 0.717) is 6.42 Å². The van der Waals surface area contributed by atoms with Crippen molar-refractivity contribution < 1.29 is 0 Å². The van der Waals surface area contributed by atoms with Crippen LogP contribution in [0.2, 0.25) is 0 Å². The first-order chi connectivity index (χ1) is 9.65. The number of hydrogen-bond donors (Lipinski definition) is 0. The summed E-state index contributed by atoms with van der Waals surface area (Å²) in [5, 5.41) is 8.88. The fourth-order valence-electron chi connectivity index (χ4n) is 2.71. The zero-order valence-corrected chi connectivity index (χ0v) is 12.4. The normalized spacial score (nSPS) is 17.9. The summed E-state index contributed by atoms with van der Waals surface area (Å²) in [4.78, 5) is 2.49. The molecule has 2 rings (SSSR count). The highest BCUT2D eigenvalue weighted by molar-refractivity contribution is 5.35. The van der Waals surface area contributed by atoms with E-state index < -0.39 is 0 Å². The van der Waals surface area contributed by atoms with Crippen molar-refractivity contribution >= 4 is 0 Å². The molecule has 0 radical (unpaired) electrons. The van der Waals surface area contributed by atoms with Gasteiger partial charge in [0.05, 0.1) is 6.07 Å². The molecule has 20 heavy (non-hydrogen) atoms. The second-order valence-electron chi connectivity index (χ2n) is 5.99. The molecule has 0 N–H and O–H groups in total. The minimum atomic E-state index is 0.228. The Hall–Kier alpha value is -1.77. The average Bonchev–Trinajstić information content (AvgIpc) is 2.44. The monoisotopic (exact) mass is 266 g/mol. The predicted molar refractivity (Wildman–Crippen MR) is 81.8 cm³/mol. The summed E-state index contributed by atoms with van der Waals surface area (Å²) in [5.74, 6) is 5.99. The summed E-state index contributed by atoms with van der Waals surface area (Å²) in [6.07, 6.45) is 2.94. The van der Waals surface area contributed by atoms with Gasteiger partial charge >= 0.3 is 0 Å². The molecule has 1 aromatic carbocycles. The molecule has 0 aliphatic carbocycles. The highest BCUT2D eigenvalue weighted by Crippen LogP contribution is 2.34. The molecule has 2 heteroatoms. The number of benzene rings is 1. The van der Waals surface area contributed by atoms with Crippen LogP contribution in [0.15, 0.2) is 24.3 Å². The van der Waals surface area contributed by atoms with Gasteiger partial charge in [-0.15, -0.1) is 5.92 Å². The Morgan fingerprint density at radius 2 is 1.85 bits per heavy atom. The molecular weight excluding hydrogens is 244 g/mol. The third-order valence-electron chi connectivity index (χ3n) is 4.20. The van der Waals surface area contributed by atoms with E-state index in [1.54, 1.807) is 0 Å². The average molecular weight is 266 g/mol. The zero-order valence-electron chi connectivity index (χ0n) is 12.4. The highest BCUT2D eigenvalue weighted by atomic mass is 15.1. The van der Waals surface area contributed by atoms with Crippen molar-refractivity contribution in [1.29, 1.82) is 5.26 Å². The molecule has 1 saturated heterocycles. The Morgan fingerprint density at radius 3 is 2.40 bits per heavy atom. The molecule has 1 fully saturated rings. The number of nitrogens with zero attached hydrogens (tertiary/aromatic N) is 2. The van der Waals surface area contributed by atoms with E-state index in [4.69, 9.17) is 5.26 Å². The standard InChI is InChI=1S/C18H22N2/c1-3-4-16-5-7-17(8-6-16)15-20-13-10-18(2,9-12-19)11-14-20/h5-8H,9-11,13-15H2,1-2H3. The highest BCUT2D eigenvalue weighted by Gasteiger charge is 2.29. The Morgan fingerprint density at radius 1 is 1.20 bits per heavy atom. The molecule has 0 unspecified atom stereocenters. The lowest BCUT2D eigenvalue weighted by molar-refractivity contribution is 0.116. The maximum absolute atomic E-state index is 8.88. The van der Waals surface area contributed by atoms with Crippen LogP contribution in [0, 0.1) is 28.6 Å². The van der Waals surface area contributed by atoms with E-state index in [-0.39, 0.29) is 5.41 Å². The SMILES string of the molecule is CC#Cc1ccc(CN2CCC(C)(CC#N)CC2)cc1. The molecule has 1 aliphatic rings. The van der Waals surface area contributed by atoms with Gasteiger partial charge in [-0.1, -0.05) is 25.0 Å². The number of nitriles is 1. The molecule has 0 aromatic heterocycles. The minimum Gasteiger partial charge on any atom is -0.299 e. The Balaban J connectivity index is 1.89. The van der Waals surface area contributed by atoms with Crippen LogP contribution in [0.4, 0.5) is 0 Å². The van der Waals surface area contributed by atoms with Crippen LogP contribution in [-0.4, -0.2) is 18.0 Å². The van der Waals surface area contributed by atoms with Crippen molar-refractivity contribution in [3.63, 3.8) is 0 Å². The third-order valence-corrected chi connectivity index (χ3v) is 4.20. The Bertz CT molecular complexity index is 532. The van der Waals surface area contributed by atoms with Gasteiger partial charge in [0, 0.05) is 18.5 Å². The van der Waals surface area contributed by atoms with E-state index in [0.717, 1.165) is 38.0 Å². The summed E-state index contributed by atoms with van der Waals surface area (Å²) >= 11 is 0. The molecule has 0 bridgehead atoms. The number of likely N-dealkylation sites (tertiary alicyclic amines) is 1. The predicted octanol–water partition coefficient (Wildman–Crippen LogP) is 3.57. The van der Waals surface area contributed by atoms with Crippen molar-refractivity contribution in [3.05, 3.63) is 35.4 Å². The minimum absolute atomic E-state index is 0.228. The Labute approximate surface area is 122 Å². The van der Waals surface area contributed by atoms with Crippen LogP contribution < -0.4 is 0 Å². The molecule has 104 valence electrons. The smallest absolute Gasteiger partial charge is 0.0627 e. The van der Waals surface area contributed by atoms with Crippen molar-refractivity contribution in [1.82, 2.24) is 4.90 Å². The van der Waals surface area contributed by atoms with E-state index in [9.17, 15) is 0 Å². The Kier molecular flexibility index (Phi) is 4.83. The lowest BCUT2D eigenvalue weighted by Gasteiger charge is -2.38. The van der Waals surface area contributed by atoms with Gasteiger partial charge in [0.15, 0.2) is 0 Å². The van der Waals surface area contributed by atoms with Crippen molar-refractivity contribution in [3.8, 4) is 17.9 Å². The van der Waals surface area contributed by atoms with Gasteiger partial charge in [0.25, 0.3) is 0 Å². The first kappa shape index (κ1) is 14.6. The molecule has 0 amide bonds. The van der Waals surface area contributed by atoms with E-state index in [2.05, 4.69) is 54.0 Å². The lowest BCUT2D eigenvalue weighted by atomic mass is 9.78. The van der Waals surface area contributed by atoms with Crippen LogP contribution in [0.3, 0.4) is 0 Å². The van der Waals surface area contributed by atoms with Gasteiger partial charge in [-0.2, -0.15) is 5.26 Å². The lowest BCUT2D eigenvalue weighted by Crippen LogP contribution is -2.38. The largest absolute Gasteiger partial charge is 0.299 e. The van der Waals surface area contributed by atoms with Gasteiger partial charge < -0.3 is 0 Å². The van der Waals surface area contributed by atoms with Gasteiger partial charge in [-0.25, -0.2) is 0 Å². The fraction of sp³-hybridized carbons (Fsp3) is 0.500. The van der Waals surface area contributed by atoms with Crippen LogP contribution in [-0.2, 0) is 6.54 Å². The van der Waals surface area contributed by atoms with E-state index in [1.165, 1.54) is 5.56 Å². The first-order valence-corrected chi connectivity index (χ1v) is 7.26. The van der Waals surface area contributed by atoms with Gasteiger partial charge in [-0.05, 0) is 56.0 Å². The zero-order chi connectivity index (χ0) is 14.4. The van der Waals surface area contributed by atoms with Gasteiger partial charge in [0.1, 0.15) is 0 Å². The summed E-state index contributed by atoms with van der Waals surface area (Å²) in [6, 6.07) is 10.9. The fourth-order valence-corrected chi connectivity index (χ4v) is 2.71. The van der Waals surface area contributed by atoms with Crippen molar-refractivity contribution in [2.45, 2.75) is 39.7 Å². The third kappa shape index (κ3) is 3.86. The maximum atomic E-state index is 8.88. The maximum Gasteiger partial charge on any atom is 0.0627 e. The number of piperidine rings is 1. The second kappa shape index (κ2) is 6.60. The van der Waals surface area contributed by atoms with Gasteiger partial charge in [-0.3, -0.25) is 4.90 Å². The van der Waals surface area contributed by atoms with Crippen molar-refractivity contribution in [2.75, 3.05) is 13.1 Å². The topological polar surface area (TPSA) is 27.0 Å². The quantitative estimate of drug-likeness (QED) is 0.782. The molecule has 2 nitrogen and oxygen atoms in total. The summed E-state index contributed by atoms with van der Waals surface area (Å²) in [7, 11) is 0. The van der Waals surface area contributed by atoms with Crippen molar-refractivity contribution in [2.24, 2.45) is 5.41 Å². The first-order valence-electron chi connectivity index (χ1n) is 7.26. The van der Waals surface area contributed by atoms with Crippen LogP contribution in [0.5, 0.6) is 0 Å². The second-order valence-corrected chi connectivity index (χ2v) is 5.99. The van der Waals surface area contributed by atoms with Crippen LogP contribution in [0.25, 0.3) is 0 Å². The van der Waals surface area contributed by atoms with Crippen LogP contribution in [0.1, 0.15) is 44.2 Å². The molecule has 1 heterocycles. The van der Waals surface area contributed by atoms with Gasteiger partial charge in [0.2, 0.25) is 0 Å². The van der Waals surface area contributed by atoms with Crippen LogP contribution >= 0.6 is 0 Å². The summed E-state index contributed by atoms with van der Waals surface area (Å²) < 4.78 is 0. The number of rotatable bonds is 3. The van der Waals surface area contributed by atoms with E-state index >= 15 is 0 Å². The van der Waals surface area contributed by atoms with E-state index in [1.807, 2.05) is 6.92 Å². The molecule has 0 saturated carbocycles. The summed E-state index contributed by atoms with van der Waals surface area (Å²) in [6.45, 7) is 7.29. The number of hydrogen-bond acceptors (Lipinski definition) is 2.